The molecule has 0 fully saturated rings. The van der Waals surface area contributed by atoms with Crippen LogP contribution in [0.2, 0.25) is 0 Å². The quantitative estimate of drug-likeness (QED) is 0.377. The Bertz CT molecular complexity index is 1450. The molecule has 9 heteroatoms. The Morgan fingerprint density at radius 2 is 1.79 bits per heavy atom. The Labute approximate surface area is 186 Å². The van der Waals surface area contributed by atoms with Crippen molar-refractivity contribution in [2.75, 3.05) is 5.32 Å². The fourth-order valence-corrected chi connectivity index (χ4v) is 3.48. The average molecular weight is 441 g/mol. The number of hydrogen-bond acceptors (Lipinski definition) is 7. The number of amides is 1. The van der Waals surface area contributed by atoms with Crippen molar-refractivity contribution in [1.29, 1.82) is 0 Å². The largest absolute Gasteiger partial charge is 0.504 e. The predicted molar refractivity (Wildman–Crippen MR) is 119 cm³/mol. The number of benzene rings is 2. The van der Waals surface area contributed by atoms with Crippen molar-refractivity contribution < 1.29 is 18.7 Å². The van der Waals surface area contributed by atoms with Gasteiger partial charge in [0, 0.05) is 22.8 Å². The van der Waals surface area contributed by atoms with Crippen molar-refractivity contribution in [3.05, 3.63) is 84.1 Å². The molecule has 0 saturated heterocycles. The van der Waals surface area contributed by atoms with Crippen molar-refractivity contribution >= 4 is 23.0 Å². The van der Waals surface area contributed by atoms with E-state index in [9.17, 15) is 14.3 Å². The zero-order valence-electron chi connectivity index (χ0n) is 17.1. The molecule has 1 amide bonds. The minimum atomic E-state index is -0.328. The SMILES string of the molecule is O=CNc1ccc(-c2nc(-c3nnc(Cc4ccc(F)cc4)o3)c(O)c3ncccc23)cc1. The van der Waals surface area contributed by atoms with Crippen LogP contribution in [-0.4, -0.2) is 31.7 Å². The highest BCUT2D eigenvalue weighted by Crippen LogP contribution is 2.37. The second-order valence-electron chi connectivity index (χ2n) is 7.20. The lowest BCUT2D eigenvalue weighted by Crippen LogP contribution is -1.95. The highest BCUT2D eigenvalue weighted by Gasteiger charge is 2.21. The number of aromatic nitrogens is 4. The lowest BCUT2D eigenvalue weighted by atomic mass is 10.0. The van der Waals surface area contributed by atoms with E-state index in [4.69, 9.17) is 4.42 Å². The Hall–Kier alpha value is -4.66. The molecule has 0 aliphatic heterocycles. The maximum Gasteiger partial charge on any atom is 0.270 e. The number of carbonyl (C=O) groups excluding carboxylic acids is 1. The molecule has 0 bridgehead atoms. The van der Waals surface area contributed by atoms with Gasteiger partial charge in [0.15, 0.2) is 11.4 Å². The van der Waals surface area contributed by atoms with Crippen molar-refractivity contribution in [2.45, 2.75) is 6.42 Å². The van der Waals surface area contributed by atoms with Crippen molar-refractivity contribution in [1.82, 2.24) is 20.2 Å². The van der Waals surface area contributed by atoms with Crippen LogP contribution in [0.3, 0.4) is 0 Å². The van der Waals surface area contributed by atoms with Crippen LogP contribution in [0.5, 0.6) is 5.75 Å². The van der Waals surface area contributed by atoms with Crippen LogP contribution in [0.1, 0.15) is 11.5 Å². The first-order valence-electron chi connectivity index (χ1n) is 9.98. The molecule has 0 unspecified atom stereocenters. The van der Waals surface area contributed by atoms with E-state index in [2.05, 4.69) is 25.5 Å². The van der Waals surface area contributed by atoms with Gasteiger partial charge in [0.1, 0.15) is 11.3 Å². The second-order valence-corrected chi connectivity index (χ2v) is 7.20. The first-order chi connectivity index (χ1) is 16.1. The molecular weight excluding hydrogens is 425 g/mol. The number of pyridine rings is 2. The number of nitrogens with one attached hydrogen (secondary N) is 1. The van der Waals surface area contributed by atoms with Crippen LogP contribution in [0.4, 0.5) is 10.1 Å². The molecule has 162 valence electrons. The van der Waals surface area contributed by atoms with E-state index in [1.54, 1.807) is 54.7 Å². The monoisotopic (exact) mass is 441 g/mol. The van der Waals surface area contributed by atoms with Crippen LogP contribution < -0.4 is 5.32 Å². The summed E-state index contributed by atoms with van der Waals surface area (Å²) >= 11 is 0. The van der Waals surface area contributed by atoms with E-state index in [-0.39, 0.29) is 23.2 Å². The van der Waals surface area contributed by atoms with Crippen LogP contribution >= 0.6 is 0 Å². The molecule has 2 N–H and O–H groups in total. The Kier molecular flexibility index (Phi) is 5.19. The van der Waals surface area contributed by atoms with E-state index < -0.39 is 0 Å². The number of halogens is 1. The van der Waals surface area contributed by atoms with Crippen molar-refractivity contribution in [3.63, 3.8) is 0 Å². The maximum atomic E-state index is 13.1. The molecule has 0 spiro atoms. The van der Waals surface area contributed by atoms with Gasteiger partial charge in [-0.2, -0.15) is 0 Å². The summed E-state index contributed by atoms with van der Waals surface area (Å²) in [6.45, 7) is 0. The number of rotatable bonds is 6. The van der Waals surface area contributed by atoms with Gasteiger partial charge in [-0.15, -0.1) is 10.2 Å². The lowest BCUT2D eigenvalue weighted by molar-refractivity contribution is -0.105. The van der Waals surface area contributed by atoms with Gasteiger partial charge in [-0.1, -0.05) is 24.3 Å². The van der Waals surface area contributed by atoms with Crippen LogP contribution in [0.15, 0.2) is 71.3 Å². The summed E-state index contributed by atoms with van der Waals surface area (Å²) in [5.41, 5.74) is 3.18. The summed E-state index contributed by atoms with van der Waals surface area (Å²) in [5.74, 6) is -0.168. The van der Waals surface area contributed by atoms with E-state index in [0.717, 1.165) is 11.1 Å². The number of fused-ring (bicyclic) bond motifs is 1. The molecule has 0 radical (unpaired) electrons. The van der Waals surface area contributed by atoms with E-state index >= 15 is 0 Å². The zero-order valence-corrected chi connectivity index (χ0v) is 17.1. The summed E-state index contributed by atoms with van der Waals surface area (Å²) in [6.07, 6.45) is 2.47. The van der Waals surface area contributed by atoms with Gasteiger partial charge >= 0.3 is 0 Å². The molecule has 0 aliphatic rings. The Morgan fingerprint density at radius 3 is 2.55 bits per heavy atom. The molecule has 0 aliphatic carbocycles. The van der Waals surface area contributed by atoms with E-state index in [1.165, 1.54) is 12.1 Å². The fraction of sp³-hybridized carbons (Fsp3) is 0.0417. The summed E-state index contributed by atoms with van der Waals surface area (Å²) < 4.78 is 18.9. The third-order valence-corrected chi connectivity index (χ3v) is 5.06. The third-order valence-electron chi connectivity index (χ3n) is 5.06. The maximum absolute atomic E-state index is 13.1. The average Bonchev–Trinajstić information content (AvgIpc) is 3.30. The molecule has 5 rings (SSSR count). The van der Waals surface area contributed by atoms with Crippen LogP contribution in [0, 0.1) is 5.82 Å². The van der Waals surface area contributed by atoms with Gasteiger partial charge in [-0.3, -0.25) is 9.78 Å². The second kappa shape index (κ2) is 8.46. The number of nitrogens with zero attached hydrogens (tertiary/aromatic N) is 4. The van der Waals surface area contributed by atoms with Crippen molar-refractivity contribution in [2.24, 2.45) is 0 Å². The Morgan fingerprint density at radius 1 is 1.00 bits per heavy atom. The first-order valence-corrected chi connectivity index (χ1v) is 9.98. The Balaban J connectivity index is 1.57. The van der Waals surface area contributed by atoms with E-state index in [0.29, 0.717) is 41.0 Å². The number of aromatic hydroxyl groups is 1. The fourth-order valence-electron chi connectivity index (χ4n) is 3.48. The van der Waals surface area contributed by atoms with Gasteiger partial charge in [-0.05, 0) is 42.0 Å². The number of carbonyl (C=O) groups is 1. The van der Waals surface area contributed by atoms with Gasteiger partial charge in [0.25, 0.3) is 5.89 Å². The topological polar surface area (TPSA) is 114 Å². The molecule has 8 nitrogen and oxygen atoms in total. The number of hydrogen-bond donors (Lipinski definition) is 2. The first kappa shape index (κ1) is 20.3. The molecule has 5 aromatic rings. The van der Waals surface area contributed by atoms with E-state index in [1.807, 2.05) is 0 Å². The summed E-state index contributed by atoms with van der Waals surface area (Å²) in [6, 6.07) is 16.6. The summed E-state index contributed by atoms with van der Waals surface area (Å²) in [7, 11) is 0. The molecule has 2 aromatic carbocycles. The third kappa shape index (κ3) is 3.99. The summed E-state index contributed by atoms with van der Waals surface area (Å²) in [4.78, 5) is 19.6. The molecule has 0 saturated carbocycles. The normalized spacial score (nSPS) is 10.9. The minimum absolute atomic E-state index is 0.0395. The van der Waals surface area contributed by atoms with Gasteiger partial charge < -0.3 is 14.8 Å². The molecule has 33 heavy (non-hydrogen) atoms. The minimum Gasteiger partial charge on any atom is -0.504 e. The predicted octanol–water partition coefficient (Wildman–Crippen LogP) is 4.35. The molecular formula is C24H16FN5O3. The molecule has 3 heterocycles. The zero-order chi connectivity index (χ0) is 22.8. The smallest absolute Gasteiger partial charge is 0.270 e. The van der Waals surface area contributed by atoms with Gasteiger partial charge in [0.2, 0.25) is 12.3 Å². The van der Waals surface area contributed by atoms with Crippen LogP contribution in [-0.2, 0) is 11.2 Å². The molecule has 0 atom stereocenters. The highest BCUT2D eigenvalue weighted by molar-refractivity contribution is 5.98. The highest BCUT2D eigenvalue weighted by atomic mass is 19.1. The summed E-state index contributed by atoms with van der Waals surface area (Å²) in [5, 5.41) is 22.2. The van der Waals surface area contributed by atoms with Crippen molar-refractivity contribution in [3.8, 4) is 28.6 Å². The molecule has 3 aromatic heterocycles. The van der Waals surface area contributed by atoms with Crippen LogP contribution in [0.25, 0.3) is 33.7 Å². The standard InChI is InChI=1S/C24H16FN5O3/c25-16-7-3-14(4-8-16)12-19-29-30-24(33-19)22-23(32)21-18(2-1-11-26-21)20(28-22)15-5-9-17(10-6-15)27-13-31/h1-11,13,32H,12H2,(H,27,31). The van der Waals surface area contributed by atoms with Gasteiger partial charge in [0.05, 0.1) is 12.1 Å². The lowest BCUT2D eigenvalue weighted by Gasteiger charge is -2.10. The number of anilines is 1. The van der Waals surface area contributed by atoms with Gasteiger partial charge in [-0.25, -0.2) is 9.37 Å².